The zero-order chi connectivity index (χ0) is 14.5. The second-order valence-corrected chi connectivity index (χ2v) is 4.91. The Morgan fingerprint density at radius 1 is 1.40 bits per heavy atom. The summed E-state index contributed by atoms with van der Waals surface area (Å²) in [6.07, 6.45) is 1.66. The van der Waals surface area contributed by atoms with Crippen molar-refractivity contribution >= 4 is 16.8 Å². The Hall–Kier alpha value is -2.17. The number of hydrogen-bond donors (Lipinski definition) is 2. The van der Waals surface area contributed by atoms with Gasteiger partial charge in [0.25, 0.3) is 5.56 Å². The van der Waals surface area contributed by atoms with Crippen LogP contribution in [0.15, 0.2) is 29.1 Å². The molecule has 1 aromatic heterocycles. The van der Waals surface area contributed by atoms with Crippen molar-refractivity contribution in [2.75, 3.05) is 0 Å². The number of rotatable bonds is 5. The molecule has 2 aromatic rings. The van der Waals surface area contributed by atoms with Crippen molar-refractivity contribution in [1.29, 1.82) is 0 Å². The Bertz CT molecular complexity index is 663. The van der Waals surface area contributed by atoms with Gasteiger partial charge in [-0.3, -0.25) is 9.59 Å². The number of H-pyrrole nitrogens is 1. The molecule has 2 rings (SSSR count). The van der Waals surface area contributed by atoms with Gasteiger partial charge in [-0.1, -0.05) is 19.1 Å². The van der Waals surface area contributed by atoms with Crippen molar-refractivity contribution < 1.29 is 4.79 Å². The molecule has 0 aliphatic heterocycles. The molecular formula is C15H19N3O2. The lowest BCUT2D eigenvalue weighted by Crippen LogP contribution is -2.32. The Morgan fingerprint density at radius 3 is 2.90 bits per heavy atom. The maximum Gasteiger partial charge on any atom is 0.258 e. The van der Waals surface area contributed by atoms with E-state index < -0.39 is 0 Å². The maximum absolute atomic E-state index is 11.9. The fourth-order valence-electron chi connectivity index (χ4n) is 1.93. The molecule has 1 amide bonds. The summed E-state index contributed by atoms with van der Waals surface area (Å²) in [5.74, 6) is 0.531. The van der Waals surface area contributed by atoms with Crippen LogP contribution in [0, 0.1) is 0 Å². The van der Waals surface area contributed by atoms with Gasteiger partial charge in [0, 0.05) is 18.9 Å². The van der Waals surface area contributed by atoms with Crippen LogP contribution in [0.4, 0.5) is 0 Å². The molecule has 0 bridgehead atoms. The van der Waals surface area contributed by atoms with Crippen LogP contribution in [0.25, 0.3) is 10.9 Å². The van der Waals surface area contributed by atoms with E-state index in [1.807, 2.05) is 19.9 Å². The number of carbonyl (C=O) groups is 1. The van der Waals surface area contributed by atoms with E-state index in [0.717, 1.165) is 6.42 Å². The molecule has 20 heavy (non-hydrogen) atoms. The van der Waals surface area contributed by atoms with Crippen LogP contribution >= 0.6 is 0 Å². The van der Waals surface area contributed by atoms with E-state index in [2.05, 4.69) is 15.3 Å². The third-order valence-corrected chi connectivity index (χ3v) is 3.27. The number of hydrogen-bond acceptors (Lipinski definition) is 3. The molecule has 106 valence electrons. The second-order valence-electron chi connectivity index (χ2n) is 4.91. The van der Waals surface area contributed by atoms with Crippen LogP contribution in [-0.4, -0.2) is 21.9 Å². The van der Waals surface area contributed by atoms with Crippen LogP contribution in [0.5, 0.6) is 0 Å². The number of aromatic nitrogens is 2. The first kappa shape index (κ1) is 14.2. The molecule has 5 heteroatoms. The standard InChI is InChI=1S/C15H19N3O2/c1-3-10(2)16-14(19)9-8-13-17-12-7-5-4-6-11(12)15(20)18-13/h4-7,10H,3,8-9H2,1-2H3,(H,16,19)(H,17,18,20)/t10-/m1/s1. The Balaban J connectivity index is 2.07. The van der Waals surface area contributed by atoms with Gasteiger partial charge in [-0.2, -0.15) is 0 Å². The number of aryl methyl sites for hydroxylation is 1. The summed E-state index contributed by atoms with van der Waals surface area (Å²) < 4.78 is 0. The minimum absolute atomic E-state index is 0.0184. The predicted octanol–water partition coefficient (Wildman–Crippen LogP) is 1.77. The maximum atomic E-state index is 11.9. The molecule has 0 saturated carbocycles. The van der Waals surface area contributed by atoms with E-state index in [0.29, 0.717) is 29.6 Å². The highest BCUT2D eigenvalue weighted by Gasteiger charge is 2.08. The fraction of sp³-hybridized carbons (Fsp3) is 0.400. The highest BCUT2D eigenvalue weighted by molar-refractivity contribution is 5.78. The molecule has 1 heterocycles. The van der Waals surface area contributed by atoms with Crippen LogP contribution < -0.4 is 10.9 Å². The lowest BCUT2D eigenvalue weighted by atomic mass is 10.2. The lowest BCUT2D eigenvalue weighted by molar-refractivity contribution is -0.121. The molecule has 0 aliphatic carbocycles. The largest absolute Gasteiger partial charge is 0.354 e. The number of nitrogens with zero attached hydrogens (tertiary/aromatic N) is 1. The number of nitrogens with one attached hydrogen (secondary N) is 2. The molecular weight excluding hydrogens is 254 g/mol. The molecule has 0 unspecified atom stereocenters. The summed E-state index contributed by atoms with van der Waals surface area (Å²) in [6, 6.07) is 7.35. The van der Waals surface area contributed by atoms with E-state index in [-0.39, 0.29) is 17.5 Å². The monoisotopic (exact) mass is 273 g/mol. The quantitative estimate of drug-likeness (QED) is 0.871. The minimum atomic E-state index is -0.159. The number of amides is 1. The van der Waals surface area contributed by atoms with E-state index >= 15 is 0 Å². The van der Waals surface area contributed by atoms with Crippen molar-refractivity contribution in [2.24, 2.45) is 0 Å². The predicted molar refractivity (Wildman–Crippen MR) is 78.6 cm³/mol. The van der Waals surface area contributed by atoms with Crippen molar-refractivity contribution in [3.63, 3.8) is 0 Å². The van der Waals surface area contributed by atoms with Crippen LogP contribution in [0.3, 0.4) is 0 Å². The summed E-state index contributed by atoms with van der Waals surface area (Å²) in [4.78, 5) is 30.7. The zero-order valence-corrected chi connectivity index (χ0v) is 11.8. The number of benzene rings is 1. The molecule has 5 nitrogen and oxygen atoms in total. The summed E-state index contributed by atoms with van der Waals surface area (Å²) in [7, 11) is 0. The third-order valence-electron chi connectivity index (χ3n) is 3.27. The van der Waals surface area contributed by atoms with Gasteiger partial charge in [-0.15, -0.1) is 0 Å². The molecule has 1 atom stereocenters. The summed E-state index contributed by atoms with van der Waals surface area (Å²) >= 11 is 0. The first-order chi connectivity index (χ1) is 9.60. The van der Waals surface area contributed by atoms with Gasteiger partial charge in [0.05, 0.1) is 10.9 Å². The second kappa shape index (κ2) is 6.32. The van der Waals surface area contributed by atoms with E-state index in [1.165, 1.54) is 0 Å². The summed E-state index contributed by atoms with van der Waals surface area (Å²) in [5, 5.41) is 3.46. The van der Waals surface area contributed by atoms with Crippen LogP contribution in [0.1, 0.15) is 32.5 Å². The average molecular weight is 273 g/mol. The molecule has 2 N–H and O–H groups in total. The molecule has 0 aliphatic rings. The normalized spacial score (nSPS) is 12.3. The van der Waals surface area contributed by atoms with E-state index in [4.69, 9.17) is 0 Å². The van der Waals surface area contributed by atoms with E-state index in [1.54, 1.807) is 18.2 Å². The number of aromatic amines is 1. The Morgan fingerprint density at radius 2 is 2.15 bits per heavy atom. The van der Waals surface area contributed by atoms with E-state index in [9.17, 15) is 9.59 Å². The number of carbonyl (C=O) groups excluding carboxylic acids is 1. The number of fused-ring (bicyclic) bond motifs is 1. The van der Waals surface area contributed by atoms with Gasteiger partial charge >= 0.3 is 0 Å². The first-order valence-electron chi connectivity index (χ1n) is 6.87. The number of para-hydroxylation sites is 1. The van der Waals surface area contributed by atoms with Crippen molar-refractivity contribution in [1.82, 2.24) is 15.3 Å². The Labute approximate surface area is 117 Å². The van der Waals surface area contributed by atoms with Gasteiger partial charge in [-0.05, 0) is 25.5 Å². The molecule has 0 spiro atoms. The van der Waals surface area contributed by atoms with Gasteiger partial charge in [0.1, 0.15) is 5.82 Å². The Kier molecular flexibility index (Phi) is 4.50. The van der Waals surface area contributed by atoms with Crippen LogP contribution in [0.2, 0.25) is 0 Å². The third kappa shape index (κ3) is 3.44. The van der Waals surface area contributed by atoms with Gasteiger partial charge in [0.15, 0.2) is 0 Å². The van der Waals surface area contributed by atoms with Gasteiger partial charge < -0.3 is 10.3 Å². The lowest BCUT2D eigenvalue weighted by Gasteiger charge is -2.10. The highest BCUT2D eigenvalue weighted by atomic mass is 16.1. The average Bonchev–Trinajstić information content (AvgIpc) is 2.45. The van der Waals surface area contributed by atoms with Crippen LogP contribution in [-0.2, 0) is 11.2 Å². The smallest absolute Gasteiger partial charge is 0.258 e. The topological polar surface area (TPSA) is 74.8 Å². The minimum Gasteiger partial charge on any atom is -0.354 e. The highest BCUT2D eigenvalue weighted by Crippen LogP contribution is 2.06. The zero-order valence-electron chi connectivity index (χ0n) is 11.8. The van der Waals surface area contributed by atoms with Gasteiger partial charge in [0.2, 0.25) is 5.91 Å². The van der Waals surface area contributed by atoms with Crippen molar-refractivity contribution in [3.05, 3.63) is 40.4 Å². The molecule has 0 saturated heterocycles. The SMILES string of the molecule is CC[C@@H](C)NC(=O)CCc1nc2ccccc2c(=O)[nH]1. The fourth-order valence-corrected chi connectivity index (χ4v) is 1.93. The molecule has 0 fully saturated rings. The first-order valence-corrected chi connectivity index (χ1v) is 6.87. The van der Waals surface area contributed by atoms with Crippen molar-refractivity contribution in [2.45, 2.75) is 39.2 Å². The molecule has 0 radical (unpaired) electrons. The summed E-state index contributed by atoms with van der Waals surface area (Å²) in [6.45, 7) is 3.99. The van der Waals surface area contributed by atoms with Gasteiger partial charge in [-0.25, -0.2) is 4.98 Å². The molecule has 1 aromatic carbocycles. The van der Waals surface area contributed by atoms with Crippen molar-refractivity contribution in [3.8, 4) is 0 Å². The summed E-state index contributed by atoms with van der Waals surface area (Å²) in [5.41, 5.74) is 0.501.